The second kappa shape index (κ2) is 7.77. The van der Waals surface area contributed by atoms with Gasteiger partial charge in [-0.15, -0.1) is 0 Å². The zero-order valence-electron chi connectivity index (χ0n) is 15.7. The molecule has 2 fully saturated rings. The molecule has 1 aromatic rings. The maximum atomic E-state index is 13.0. The molecule has 3 heterocycles. The molecule has 4 rings (SSSR count). The number of amides is 1. The van der Waals surface area contributed by atoms with E-state index in [-0.39, 0.29) is 11.5 Å². The molecule has 0 radical (unpaired) electrons. The highest BCUT2D eigenvalue weighted by molar-refractivity contribution is 7.99. The number of fused-ring (bicyclic) bond motifs is 1. The van der Waals surface area contributed by atoms with Gasteiger partial charge in [0.25, 0.3) is 11.5 Å². The van der Waals surface area contributed by atoms with E-state index in [1.807, 2.05) is 18.0 Å². The van der Waals surface area contributed by atoms with Crippen LogP contribution in [0.25, 0.3) is 0 Å². The van der Waals surface area contributed by atoms with Gasteiger partial charge in [0.15, 0.2) is 0 Å². The number of hydrogen-bond acceptors (Lipinski definition) is 4. The topological polar surface area (TPSA) is 45.6 Å². The van der Waals surface area contributed by atoms with E-state index >= 15 is 0 Å². The molecule has 3 aliphatic rings. The fourth-order valence-electron chi connectivity index (χ4n) is 4.65. The minimum atomic E-state index is -0.123. The number of hydrogen-bond donors (Lipinski definition) is 0. The summed E-state index contributed by atoms with van der Waals surface area (Å²) in [5.74, 6) is 2.45. The number of thioether (sulfide) groups is 1. The number of carbonyl (C=O) groups is 1. The van der Waals surface area contributed by atoms with Crippen LogP contribution in [0.4, 0.5) is 0 Å². The van der Waals surface area contributed by atoms with E-state index in [0.29, 0.717) is 11.6 Å². The number of pyridine rings is 1. The van der Waals surface area contributed by atoms with Crippen LogP contribution < -0.4 is 5.56 Å². The van der Waals surface area contributed by atoms with Gasteiger partial charge in [0, 0.05) is 45.0 Å². The lowest BCUT2D eigenvalue weighted by molar-refractivity contribution is 0.0557. The Hall–Kier alpha value is -1.27. The van der Waals surface area contributed by atoms with Gasteiger partial charge < -0.3 is 9.47 Å². The first-order valence-electron chi connectivity index (χ1n) is 9.98. The van der Waals surface area contributed by atoms with Crippen molar-refractivity contribution in [3.05, 3.63) is 33.2 Å². The van der Waals surface area contributed by atoms with Gasteiger partial charge in [-0.3, -0.25) is 14.5 Å². The summed E-state index contributed by atoms with van der Waals surface area (Å²) < 4.78 is 1.72. The molecule has 0 unspecified atom stereocenters. The quantitative estimate of drug-likeness (QED) is 0.792. The highest BCUT2D eigenvalue weighted by atomic mass is 32.2. The average Bonchev–Trinajstić information content (AvgIpc) is 2.71. The van der Waals surface area contributed by atoms with Gasteiger partial charge in [-0.2, -0.15) is 11.8 Å². The van der Waals surface area contributed by atoms with Gasteiger partial charge >= 0.3 is 0 Å². The Bertz CT molecular complexity index is 731. The second-order valence-corrected chi connectivity index (χ2v) is 9.00. The van der Waals surface area contributed by atoms with E-state index in [0.717, 1.165) is 57.6 Å². The molecule has 142 valence electrons. The van der Waals surface area contributed by atoms with Crippen LogP contribution in [-0.2, 0) is 19.9 Å². The van der Waals surface area contributed by atoms with E-state index in [1.54, 1.807) is 4.57 Å². The van der Waals surface area contributed by atoms with Crippen molar-refractivity contribution >= 4 is 17.7 Å². The summed E-state index contributed by atoms with van der Waals surface area (Å²) in [4.78, 5) is 30.2. The van der Waals surface area contributed by atoms with E-state index < -0.39 is 0 Å². The smallest absolute Gasteiger partial charge is 0.263 e. The monoisotopic (exact) mass is 375 g/mol. The van der Waals surface area contributed by atoms with Crippen molar-refractivity contribution in [2.45, 2.75) is 44.6 Å². The van der Waals surface area contributed by atoms with Gasteiger partial charge in [0.05, 0.1) is 0 Å². The molecular formula is C20H29N3O2S. The summed E-state index contributed by atoms with van der Waals surface area (Å²) in [7, 11) is 1.82. The highest BCUT2D eigenvalue weighted by Crippen LogP contribution is 2.24. The summed E-state index contributed by atoms with van der Waals surface area (Å²) in [6.07, 6.45) is 6.76. The van der Waals surface area contributed by atoms with Gasteiger partial charge in [-0.25, -0.2) is 0 Å². The predicted octanol–water partition coefficient (Wildman–Crippen LogP) is 1.92. The summed E-state index contributed by atoms with van der Waals surface area (Å²) in [6.45, 7) is 3.35. The average molecular weight is 376 g/mol. The third kappa shape index (κ3) is 3.46. The Labute approximate surface area is 159 Å². The first-order valence-corrected chi connectivity index (χ1v) is 11.1. The lowest BCUT2D eigenvalue weighted by Crippen LogP contribution is -2.53. The molecule has 2 saturated heterocycles. The lowest BCUT2D eigenvalue weighted by Gasteiger charge is -2.40. The zero-order valence-corrected chi connectivity index (χ0v) is 16.5. The van der Waals surface area contributed by atoms with Crippen LogP contribution in [0, 0.1) is 0 Å². The summed E-state index contributed by atoms with van der Waals surface area (Å²) >= 11 is 2.05. The maximum absolute atomic E-state index is 13.0. The van der Waals surface area contributed by atoms with E-state index in [4.69, 9.17) is 0 Å². The molecule has 0 spiro atoms. The molecule has 0 atom stereocenters. The van der Waals surface area contributed by atoms with Crippen LogP contribution in [0.15, 0.2) is 10.9 Å². The van der Waals surface area contributed by atoms with Crippen molar-refractivity contribution < 1.29 is 4.79 Å². The maximum Gasteiger partial charge on any atom is 0.263 e. The number of nitrogens with zero attached hydrogens (tertiary/aromatic N) is 3. The number of rotatable bonds is 2. The molecule has 0 aromatic carbocycles. The third-order valence-electron chi connectivity index (χ3n) is 6.28. The van der Waals surface area contributed by atoms with E-state index in [1.165, 1.54) is 29.9 Å². The number of aryl methyl sites for hydroxylation is 1. The van der Waals surface area contributed by atoms with Crippen molar-refractivity contribution in [3.63, 3.8) is 0 Å². The molecule has 26 heavy (non-hydrogen) atoms. The van der Waals surface area contributed by atoms with E-state index in [9.17, 15) is 9.59 Å². The van der Waals surface area contributed by atoms with Crippen LogP contribution in [0.1, 0.15) is 47.3 Å². The minimum absolute atomic E-state index is 0.0715. The van der Waals surface area contributed by atoms with Crippen LogP contribution in [0.3, 0.4) is 0 Å². The van der Waals surface area contributed by atoms with Gasteiger partial charge in [-0.1, -0.05) is 0 Å². The Morgan fingerprint density at radius 3 is 2.50 bits per heavy atom. The van der Waals surface area contributed by atoms with Crippen molar-refractivity contribution in [1.29, 1.82) is 0 Å². The van der Waals surface area contributed by atoms with Crippen LogP contribution in [0.2, 0.25) is 0 Å². The Morgan fingerprint density at radius 1 is 1.08 bits per heavy atom. The van der Waals surface area contributed by atoms with Crippen molar-refractivity contribution in [2.75, 3.05) is 37.7 Å². The molecule has 0 bridgehead atoms. The first kappa shape index (κ1) is 18.1. The number of aromatic nitrogens is 1. The Balaban J connectivity index is 1.47. The van der Waals surface area contributed by atoms with Gasteiger partial charge in [0.1, 0.15) is 5.56 Å². The molecule has 5 nitrogen and oxygen atoms in total. The Kier molecular flexibility index (Phi) is 5.41. The summed E-state index contributed by atoms with van der Waals surface area (Å²) in [6, 6.07) is 2.58. The Morgan fingerprint density at radius 2 is 1.77 bits per heavy atom. The van der Waals surface area contributed by atoms with Gasteiger partial charge in [-0.05, 0) is 61.7 Å². The number of piperazine rings is 1. The first-order chi connectivity index (χ1) is 12.6. The lowest BCUT2D eigenvalue weighted by atomic mass is 9.94. The largest absolute Gasteiger partial charge is 0.336 e. The fraction of sp³-hybridized carbons (Fsp3) is 0.700. The SMILES string of the molecule is Cn1c2c(cc(C(=O)N3CCN(C4CCSCC4)CC3)c1=O)CCCC2. The number of carbonyl (C=O) groups excluding carboxylic acids is 1. The molecule has 0 N–H and O–H groups in total. The molecule has 1 amide bonds. The van der Waals surface area contributed by atoms with Crippen LogP contribution in [-0.4, -0.2) is 64.0 Å². The third-order valence-corrected chi connectivity index (χ3v) is 7.33. The molecule has 2 aliphatic heterocycles. The second-order valence-electron chi connectivity index (χ2n) is 7.77. The minimum Gasteiger partial charge on any atom is -0.336 e. The van der Waals surface area contributed by atoms with Crippen molar-refractivity contribution in [3.8, 4) is 0 Å². The molecular weight excluding hydrogens is 346 g/mol. The summed E-state index contributed by atoms with van der Waals surface area (Å²) in [5.41, 5.74) is 2.57. The van der Waals surface area contributed by atoms with Gasteiger partial charge in [0.2, 0.25) is 0 Å². The zero-order chi connectivity index (χ0) is 18.1. The van der Waals surface area contributed by atoms with Crippen LogP contribution >= 0.6 is 11.8 Å². The molecule has 1 aromatic heterocycles. The summed E-state index contributed by atoms with van der Waals surface area (Å²) in [5, 5.41) is 0. The fourth-order valence-corrected chi connectivity index (χ4v) is 5.74. The molecule has 0 saturated carbocycles. The highest BCUT2D eigenvalue weighted by Gasteiger charge is 2.29. The predicted molar refractivity (Wildman–Crippen MR) is 106 cm³/mol. The van der Waals surface area contributed by atoms with E-state index in [2.05, 4.69) is 16.7 Å². The molecule has 1 aliphatic carbocycles. The molecule has 6 heteroatoms. The van der Waals surface area contributed by atoms with Crippen LogP contribution in [0.5, 0.6) is 0 Å². The standard InChI is InChI=1S/C20H29N3O2S/c1-21-18-5-3-2-4-15(18)14-17(19(21)24)20(25)23-10-8-22(9-11-23)16-6-12-26-13-7-16/h14,16H,2-13H2,1H3. The van der Waals surface area contributed by atoms with Crippen molar-refractivity contribution in [2.24, 2.45) is 7.05 Å². The normalized spacial score (nSPS) is 22.3. The van der Waals surface area contributed by atoms with Crippen molar-refractivity contribution in [1.82, 2.24) is 14.4 Å².